The minimum Gasteiger partial charge on any atom is -0.376 e. The first kappa shape index (κ1) is 21.7. The molecule has 1 aliphatic rings. The quantitative estimate of drug-likeness (QED) is 0.335. The van der Waals surface area contributed by atoms with Crippen molar-refractivity contribution in [3.63, 3.8) is 0 Å². The maximum atomic E-state index is 12.1. The molecular formula is C22H37NO2. The second-order valence-electron chi connectivity index (χ2n) is 7.02. The Hall–Kier alpha value is -1.35. The second kappa shape index (κ2) is 13.9. The van der Waals surface area contributed by atoms with Crippen molar-refractivity contribution in [2.75, 3.05) is 26.8 Å². The van der Waals surface area contributed by atoms with Crippen molar-refractivity contribution in [2.24, 2.45) is 5.92 Å². The predicted octanol–water partition coefficient (Wildman–Crippen LogP) is 5.29. The van der Waals surface area contributed by atoms with Crippen LogP contribution in [0.3, 0.4) is 0 Å². The van der Waals surface area contributed by atoms with Gasteiger partial charge in [0.1, 0.15) is 0 Å². The summed E-state index contributed by atoms with van der Waals surface area (Å²) in [4.78, 5) is 13.9. The van der Waals surface area contributed by atoms with Crippen LogP contribution < -0.4 is 0 Å². The maximum absolute atomic E-state index is 12.1. The molecule has 1 rings (SSSR count). The van der Waals surface area contributed by atoms with Crippen LogP contribution in [0.2, 0.25) is 0 Å². The highest BCUT2D eigenvalue weighted by Gasteiger charge is 2.14. The lowest BCUT2D eigenvalue weighted by Crippen LogP contribution is -2.29. The molecule has 25 heavy (non-hydrogen) atoms. The summed E-state index contributed by atoms with van der Waals surface area (Å²) in [7, 11) is 1.88. The predicted molar refractivity (Wildman–Crippen MR) is 107 cm³/mol. The van der Waals surface area contributed by atoms with Gasteiger partial charge in [-0.05, 0) is 24.3 Å². The third kappa shape index (κ3) is 10.3. The summed E-state index contributed by atoms with van der Waals surface area (Å²) in [5.41, 5.74) is 1.24. The number of rotatable bonds is 13. The molecule has 0 unspecified atom stereocenters. The first-order chi connectivity index (χ1) is 12.2. The normalized spacial score (nSPS) is 15.8. The van der Waals surface area contributed by atoms with Gasteiger partial charge < -0.3 is 9.64 Å². The monoisotopic (exact) mass is 347 g/mol. The summed E-state index contributed by atoms with van der Waals surface area (Å²) in [6.45, 7) is 7.66. The molecule has 0 spiro atoms. The third-order valence-corrected chi connectivity index (χ3v) is 5.01. The first-order valence-corrected chi connectivity index (χ1v) is 9.97. The summed E-state index contributed by atoms with van der Waals surface area (Å²) in [5, 5.41) is 0. The Bertz CT molecular complexity index is 433. The van der Waals surface area contributed by atoms with Crippen molar-refractivity contribution in [1.82, 2.24) is 4.90 Å². The summed E-state index contributed by atoms with van der Waals surface area (Å²) in [6.07, 6.45) is 18.7. The molecule has 1 aliphatic carbocycles. The van der Waals surface area contributed by atoms with Gasteiger partial charge in [-0.15, -0.1) is 0 Å². The Balaban J connectivity index is 2.03. The molecule has 0 atom stereocenters. The Morgan fingerprint density at radius 1 is 1.28 bits per heavy atom. The molecule has 1 fully saturated rings. The lowest BCUT2D eigenvalue weighted by molar-refractivity contribution is -0.130. The van der Waals surface area contributed by atoms with E-state index in [1.165, 1.54) is 44.1 Å². The van der Waals surface area contributed by atoms with Crippen LogP contribution >= 0.6 is 0 Å². The van der Waals surface area contributed by atoms with Gasteiger partial charge in [0.2, 0.25) is 5.91 Å². The van der Waals surface area contributed by atoms with Gasteiger partial charge in [-0.25, -0.2) is 0 Å². The molecule has 0 radical (unpaired) electrons. The van der Waals surface area contributed by atoms with E-state index in [2.05, 4.69) is 19.6 Å². The molecule has 142 valence electrons. The van der Waals surface area contributed by atoms with E-state index in [4.69, 9.17) is 4.74 Å². The lowest BCUT2D eigenvalue weighted by atomic mass is 10.00. The molecule has 0 heterocycles. The van der Waals surface area contributed by atoms with Crippen molar-refractivity contribution < 1.29 is 9.53 Å². The van der Waals surface area contributed by atoms with Crippen LogP contribution in [0, 0.1) is 5.92 Å². The zero-order valence-electron chi connectivity index (χ0n) is 16.3. The van der Waals surface area contributed by atoms with E-state index in [-0.39, 0.29) is 5.91 Å². The van der Waals surface area contributed by atoms with Gasteiger partial charge in [0, 0.05) is 20.0 Å². The molecule has 0 bridgehead atoms. The fraction of sp³-hybridized carbons (Fsp3) is 0.682. The zero-order chi connectivity index (χ0) is 18.3. The van der Waals surface area contributed by atoms with Gasteiger partial charge in [-0.3, -0.25) is 4.79 Å². The van der Waals surface area contributed by atoms with E-state index in [9.17, 15) is 4.79 Å². The molecule has 1 saturated carbocycles. The smallest absolute Gasteiger partial charge is 0.222 e. The molecule has 1 amide bonds. The van der Waals surface area contributed by atoms with E-state index in [0.717, 1.165) is 18.8 Å². The number of hydrogen-bond acceptors (Lipinski definition) is 2. The maximum Gasteiger partial charge on any atom is 0.222 e. The van der Waals surface area contributed by atoms with Crippen molar-refractivity contribution in [3.8, 4) is 0 Å². The molecule has 0 aromatic carbocycles. The van der Waals surface area contributed by atoms with Crippen LogP contribution in [-0.2, 0) is 9.53 Å². The highest BCUT2D eigenvalue weighted by molar-refractivity contribution is 5.75. The lowest BCUT2D eigenvalue weighted by Gasteiger charge is -2.17. The Morgan fingerprint density at radius 3 is 2.72 bits per heavy atom. The summed E-state index contributed by atoms with van der Waals surface area (Å²) in [5.74, 6) is 1.18. The van der Waals surface area contributed by atoms with Gasteiger partial charge in [0.15, 0.2) is 0 Å². The number of unbranched alkanes of at least 4 members (excludes halogenated alkanes) is 1. The van der Waals surface area contributed by atoms with Crippen molar-refractivity contribution >= 4 is 5.91 Å². The minimum atomic E-state index is 0.243. The van der Waals surface area contributed by atoms with Crippen LogP contribution in [0.15, 0.2) is 36.5 Å². The highest BCUT2D eigenvalue weighted by Crippen LogP contribution is 2.29. The zero-order valence-corrected chi connectivity index (χ0v) is 16.3. The number of likely N-dealkylation sites (N-methyl/N-ethyl adjacent to an activating group) is 1. The van der Waals surface area contributed by atoms with Gasteiger partial charge in [-0.1, -0.05) is 76.3 Å². The summed E-state index contributed by atoms with van der Waals surface area (Å²) in [6, 6.07) is 0. The molecule has 0 aliphatic heterocycles. The molecule has 0 N–H and O–H groups in total. The largest absolute Gasteiger partial charge is 0.376 e. The van der Waals surface area contributed by atoms with E-state index >= 15 is 0 Å². The van der Waals surface area contributed by atoms with E-state index < -0.39 is 0 Å². The molecule has 0 aromatic rings. The summed E-state index contributed by atoms with van der Waals surface area (Å²) >= 11 is 0. The fourth-order valence-electron chi connectivity index (χ4n) is 3.32. The molecular weight excluding hydrogens is 310 g/mol. The average molecular weight is 348 g/mol. The average Bonchev–Trinajstić information content (AvgIpc) is 3.13. The number of allylic oxidation sites excluding steroid dienone is 4. The minimum absolute atomic E-state index is 0.243. The number of ether oxygens (including phenoxy) is 1. The van der Waals surface area contributed by atoms with Gasteiger partial charge in [0.25, 0.3) is 0 Å². The number of nitrogens with zero attached hydrogens (tertiary/aromatic N) is 1. The highest BCUT2D eigenvalue weighted by atomic mass is 16.5. The van der Waals surface area contributed by atoms with E-state index in [0.29, 0.717) is 26.2 Å². The van der Waals surface area contributed by atoms with Crippen LogP contribution in [0.4, 0.5) is 0 Å². The van der Waals surface area contributed by atoms with Gasteiger partial charge >= 0.3 is 0 Å². The Kier molecular flexibility index (Phi) is 12.0. The second-order valence-corrected chi connectivity index (χ2v) is 7.02. The van der Waals surface area contributed by atoms with E-state index in [1.54, 1.807) is 11.0 Å². The number of carbonyl (C=O) groups excluding carboxylic acids is 1. The Labute approximate surface area is 154 Å². The van der Waals surface area contributed by atoms with Crippen LogP contribution in [0.1, 0.15) is 64.7 Å². The van der Waals surface area contributed by atoms with Crippen LogP contribution in [0.5, 0.6) is 0 Å². The molecule has 3 nitrogen and oxygen atoms in total. The number of hydrogen-bond donors (Lipinski definition) is 0. The summed E-state index contributed by atoms with van der Waals surface area (Å²) < 4.78 is 5.59. The van der Waals surface area contributed by atoms with Gasteiger partial charge in [-0.2, -0.15) is 0 Å². The van der Waals surface area contributed by atoms with E-state index in [1.807, 2.05) is 19.2 Å². The van der Waals surface area contributed by atoms with Crippen molar-refractivity contribution in [1.29, 1.82) is 0 Å². The Morgan fingerprint density at radius 2 is 2.04 bits per heavy atom. The standard InChI is InChI=1S/C22H37NO2/c1-4-11-20(5-2)15-10-18-25-19-17-23(3)22(24)16-9-8-14-21-12-6-7-13-21/h4,10-11,15,21H,1,5-9,12-14,16-19H2,2-3H3/b15-10-,20-11-. The van der Waals surface area contributed by atoms with Crippen molar-refractivity contribution in [3.05, 3.63) is 36.5 Å². The molecule has 0 aromatic heterocycles. The van der Waals surface area contributed by atoms with Crippen LogP contribution in [0.25, 0.3) is 0 Å². The van der Waals surface area contributed by atoms with Gasteiger partial charge in [0.05, 0.1) is 13.2 Å². The first-order valence-electron chi connectivity index (χ1n) is 9.97. The number of amides is 1. The van der Waals surface area contributed by atoms with Crippen molar-refractivity contribution in [2.45, 2.75) is 64.7 Å². The third-order valence-electron chi connectivity index (χ3n) is 5.01. The number of carbonyl (C=O) groups is 1. The fourth-order valence-corrected chi connectivity index (χ4v) is 3.32. The SMILES string of the molecule is C=C/C=C(\C=C/COCCN(C)C(=O)CCCCC1CCCC1)CC. The molecule has 3 heteroatoms. The molecule has 0 saturated heterocycles. The topological polar surface area (TPSA) is 29.5 Å². The van der Waals surface area contributed by atoms with Crippen LogP contribution in [-0.4, -0.2) is 37.6 Å².